The van der Waals surface area contributed by atoms with Gasteiger partial charge in [0.05, 0.1) is 23.3 Å². The minimum atomic E-state index is -0.678. The maximum absolute atomic E-state index is 12.9. The van der Waals surface area contributed by atoms with Crippen molar-refractivity contribution in [1.82, 2.24) is 15.5 Å². The van der Waals surface area contributed by atoms with Crippen molar-refractivity contribution in [3.63, 3.8) is 0 Å². The summed E-state index contributed by atoms with van der Waals surface area (Å²) in [6.07, 6.45) is 2.78. The van der Waals surface area contributed by atoms with Crippen LogP contribution >= 0.6 is 0 Å². The van der Waals surface area contributed by atoms with Crippen molar-refractivity contribution >= 4 is 40.5 Å². The SMILES string of the molecule is CCC(C)(CCOC(C)(C)CNC(=O)CCN1C(=O)c2c(c3ccc2o3)C1=O)C(=O)NCCCCOc1ccc(N)cc1. The lowest BCUT2D eigenvalue weighted by Gasteiger charge is -2.30. The first-order chi connectivity index (χ1) is 20.4. The number of amides is 4. The summed E-state index contributed by atoms with van der Waals surface area (Å²) in [5.74, 6) is -0.399. The zero-order chi connectivity index (χ0) is 31.2. The van der Waals surface area contributed by atoms with Gasteiger partial charge in [-0.3, -0.25) is 24.1 Å². The van der Waals surface area contributed by atoms with Gasteiger partial charge in [-0.25, -0.2) is 0 Å². The number of hydrogen-bond donors (Lipinski definition) is 3. The van der Waals surface area contributed by atoms with E-state index >= 15 is 0 Å². The van der Waals surface area contributed by atoms with Crippen molar-refractivity contribution < 1.29 is 33.1 Å². The van der Waals surface area contributed by atoms with Gasteiger partial charge in [0.15, 0.2) is 0 Å². The number of nitrogens with two attached hydrogens (primary N) is 1. The molecule has 1 aromatic carbocycles. The standard InChI is InChI=1S/C32H42N4O7/c1-5-32(4,30(40)34-16-6-7-18-41-22-10-8-21(33)9-11-22)15-19-42-31(2,3)20-35-25(37)14-17-36-28(38)26-23-12-13-24(43-23)27(26)29(36)39/h8-13H,5-7,14-20,33H2,1-4H3,(H,34,40)(H,35,37). The molecule has 232 valence electrons. The number of nitrogens with zero attached hydrogens (tertiary/aromatic N) is 1. The van der Waals surface area contributed by atoms with Crippen molar-refractivity contribution in [2.45, 2.75) is 65.4 Å². The highest BCUT2D eigenvalue weighted by atomic mass is 16.5. The number of carbonyl (C=O) groups is 4. The van der Waals surface area contributed by atoms with Crippen molar-refractivity contribution in [3.05, 3.63) is 47.5 Å². The van der Waals surface area contributed by atoms with Crippen LogP contribution in [-0.4, -0.2) is 67.0 Å². The molecule has 3 aromatic rings. The maximum atomic E-state index is 12.9. The largest absolute Gasteiger partial charge is 0.494 e. The van der Waals surface area contributed by atoms with Gasteiger partial charge in [0, 0.05) is 43.8 Å². The Morgan fingerprint density at radius 2 is 1.58 bits per heavy atom. The number of nitrogens with one attached hydrogen (secondary N) is 2. The van der Waals surface area contributed by atoms with E-state index in [0.29, 0.717) is 49.5 Å². The second-order valence-electron chi connectivity index (χ2n) is 11.9. The molecular weight excluding hydrogens is 552 g/mol. The zero-order valence-corrected chi connectivity index (χ0v) is 25.4. The van der Waals surface area contributed by atoms with Gasteiger partial charge < -0.3 is 30.3 Å². The Morgan fingerprint density at radius 3 is 2.21 bits per heavy atom. The quantitative estimate of drug-likeness (QED) is 0.120. The summed E-state index contributed by atoms with van der Waals surface area (Å²) in [6, 6.07) is 10.6. The topological polar surface area (TPSA) is 153 Å². The molecule has 0 saturated carbocycles. The lowest BCUT2D eigenvalue weighted by atomic mass is 9.83. The summed E-state index contributed by atoms with van der Waals surface area (Å²) < 4.78 is 17.2. The van der Waals surface area contributed by atoms with Crippen LogP contribution in [0.5, 0.6) is 5.75 Å². The van der Waals surface area contributed by atoms with Crippen molar-refractivity contribution in [2.24, 2.45) is 5.41 Å². The Hall–Kier alpha value is -4.12. The molecule has 4 N–H and O–H groups in total. The normalized spacial score (nSPS) is 14.7. The van der Waals surface area contributed by atoms with E-state index in [1.165, 1.54) is 0 Å². The maximum Gasteiger partial charge on any atom is 0.265 e. The fourth-order valence-electron chi connectivity index (χ4n) is 4.91. The molecule has 3 heterocycles. The molecule has 1 unspecified atom stereocenters. The molecule has 0 saturated heterocycles. The monoisotopic (exact) mass is 594 g/mol. The van der Waals surface area contributed by atoms with Crippen LogP contribution in [0.4, 0.5) is 5.69 Å². The van der Waals surface area contributed by atoms with E-state index in [9.17, 15) is 19.2 Å². The third-order valence-corrected chi connectivity index (χ3v) is 8.02. The van der Waals surface area contributed by atoms with Crippen LogP contribution < -0.4 is 21.1 Å². The van der Waals surface area contributed by atoms with E-state index in [0.717, 1.165) is 23.5 Å². The smallest absolute Gasteiger partial charge is 0.265 e. The first-order valence-electron chi connectivity index (χ1n) is 14.8. The zero-order valence-electron chi connectivity index (χ0n) is 25.4. The number of hydrogen-bond acceptors (Lipinski definition) is 8. The van der Waals surface area contributed by atoms with Crippen LogP contribution in [0.3, 0.4) is 0 Å². The number of benzene rings is 2. The molecule has 0 fully saturated rings. The van der Waals surface area contributed by atoms with Gasteiger partial charge in [-0.2, -0.15) is 0 Å². The Morgan fingerprint density at radius 1 is 0.930 bits per heavy atom. The third kappa shape index (κ3) is 7.64. The van der Waals surface area contributed by atoms with E-state index in [4.69, 9.17) is 19.6 Å². The molecule has 2 bridgehead atoms. The van der Waals surface area contributed by atoms with Crippen LogP contribution in [0, 0.1) is 5.41 Å². The number of nitrogen functional groups attached to an aromatic ring is 1. The molecule has 4 rings (SSSR count). The van der Waals surface area contributed by atoms with E-state index < -0.39 is 22.8 Å². The summed E-state index contributed by atoms with van der Waals surface area (Å²) >= 11 is 0. The molecule has 1 atom stereocenters. The molecule has 1 aliphatic rings. The number of carbonyl (C=O) groups excluding carboxylic acids is 4. The third-order valence-electron chi connectivity index (χ3n) is 8.02. The number of unbranched alkanes of at least 4 members (excludes halogenated alkanes) is 1. The second kappa shape index (κ2) is 13.5. The van der Waals surface area contributed by atoms with Gasteiger partial charge in [0.25, 0.3) is 11.8 Å². The van der Waals surface area contributed by atoms with Crippen molar-refractivity contribution in [1.29, 1.82) is 0 Å². The molecule has 11 nitrogen and oxygen atoms in total. The van der Waals surface area contributed by atoms with Crippen LogP contribution in [0.2, 0.25) is 0 Å². The first-order valence-corrected chi connectivity index (χ1v) is 14.8. The molecule has 1 aliphatic heterocycles. The average molecular weight is 595 g/mol. The van der Waals surface area contributed by atoms with Crippen LogP contribution in [-0.2, 0) is 14.3 Å². The van der Waals surface area contributed by atoms with E-state index in [1.54, 1.807) is 24.3 Å². The Balaban J connectivity index is 1.11. The molecule has 0 aliphatic carbocycles. The molecule has 2 aromatic heterocycles. The highest BCUT2D eigenvalue weighted by Gasteiger charge is 2.41. The minimum Gasteiger partial charge on any atom is -0.494 e. The van der Waals surface area contributed by atoms with Crippen LogP contribution in [0.15, 0.2) is 40.8 Å². The van der Waals surface area contributed by atoms with E-state index in [2.05, 4.69) is 10.6 Å². The average Bonchev–Trinajstić information content (AvgIpc) is 3.67. The summed E-state index contributed by atoms with van der Waals surface area (Å²) in [6.45, 7) is 9.33. The molecule has 4 amide bonds. The van der Waals surface area contributed by atoms with Crippen LogP contribution in [0.25, 0.3) is 11.2 Å². The highest BCUT2D eigenvalue weighted by molar-refractivity contribution is 6.27. The van der Waals surface area contributed by atoms with Crippen molar-refractivity contribution in [2.75, 3.05) is 38.6 Å². The lowest BCUT2D eigenvalue weighted by Crippen LogP contribution is -2.43. The summed E-state index contributed by atoms with van der Waals surface area (Å²) in [5.41, 5.74) is 6.46. The molecule has 0 radical (unpaired) electrons. The van der Waals surface area contributed by atoms with Gasteiger partial charge in [-0.15, -0.1) is 0 Å². The Bertz CT molecular complexity index is 1390. The Labute approximate surface area is 251 Å². The molecule has 11 heteroatoms. The van der Waals surface area contributed by atoms with E-state index in [1.807, 2.05) is 39.8 Å². The van der Waals surface area contributed by atoms with Gasteiger partial charge in [0.1, 0.15) is 16.9 Å². The van der Waals surface area contributed by atoms with Crippen LogP contribution in [0.1, 0.15) is 80.5 Å². The van der Waals surface area contributed by atoms with Crippen molar-refractivity contribution in [3.8, 4) is 5.75 Å². The number of rotatable bonds is 17. The predicted molar refractivity (Wildman–Crippen MR) is 162 cm³/mol. The molecular formula is C32H42N4O7. The number of anilines is 1. The van der Waals surface area contributed by atoms with Gasteiger partial charge in [-0.05, 0) is 75.9 Å². The molecule has 0 spiro atoms. The fraction of sp³-hybridized carbons (Fsp3) is 0.500. The second-order valence-corrected chi connectivity index (χ2v) is 11.9. The number of ether oxygens (including phenoxy) is 2. The molecule has 43 heavy (non-hydrogen) atoms. The lowest BCUT2D eigenvalue weighted by molar-refractivity contribution is -0.132. The van der Waals surface area contributed by atoms with Gasteiger partial charge in [0.2, 0.25) is 11.8 Å². The number of imide groups is 1. The van der Waals surface area contributed by atoms with Gasteiger partial charge in [-0.1, -0.05) is 13.8 Å². The first kappa shape index (κ1) is 31.8. The number of furan rings is 2. The summed E-state index contributed by atoms with van der Waals surface area (Å²) in [4.78, 5) is 51.9. The summed E-state index contributed by atoms with van der Waals surface area (Å²) in [5, 5.41) is 5.87. The number of fused-ring (bicyclic) bond motifs is 5. The predicted octanol–water partition coefficient (Wildman–Crippen LogP) is 4.13. The summed E-state index contributed by atoms with van der Waals surface area (Å²) in [7, 11) is 0. The highest BCUT2D eigenvalue weighted by Crippen LogP contribution is 2.35. The fourth-order valence-corrected chi connectivity index (χ4v) is 4.91. The minimum absolute atomic E-state index is 0.0113. The van der Waals surface area contributed by atoms with E-state index in [-0.39, 0.29) is 42.5 Å². The van der Waals surface area contributed by atoms with Gasteiger partial charge >= 0.3 is 0 Å². The Kier molecular flexibility index (Phi) is 9.95.